The first-order chi connectivity index (χ1) is 15.0. The van der Waals surface area contributed by atoms with Gasteiger partial charge < -0.3 is 10.1 Å². The smallest absolute Gasteiger partial charge is 0.332 e. The summed E-state index contributed by atoms with van der Waals surface area (Å²) in [7, 11) is 0. The number of hydrogen-bond donors (Lipinski definition) is 1. The molecule has 1 atom stereocenters. The Morgan fingerprint density at radius 3 is 2.68 bits per heavy atom. The molecule has 3 heterocycles. The third kappa shape index (κ3) is 4.50. The summed E-state index contributed by atoms with van der Waals surface area (Å²) in [5, 5.41) is 3.40. The summed E-state index contributed by atoms with van der Waals surface area (Å²) in [6.07, 6.45) is 2.53. The molecule has 3 aromatic rings. The van der Waals surface area contributed by atoms with Crippen LogP contribution >= 0.6 is 11.3 Å². The Morgan fingerprint density at radius 2 is 1.97 bits per heavy atom. The van der Waals surface area contributed by atoms with Gasteiger partial charge in [-0.1, -0.05) is 30.3 Å². The largest absolute Gasteiger partial charge is 0.376 e. The zero-order valence-electron chi connectivity index (χ0n) is 17.8. The minimum absolute atomic E-state index is 0.0340. The van der Waals surface area contributed by atoms with Crippen LogP contribution in [0.15, 0.2) is 39.9 Å². The summed E-state index contributed by atoms with van der Waals surface area (Å²) in [5.41, 5.74) is 1.19. The molecule has 1 saturated heterocycles. The number of benzene rings is 1. The van der Waals surface area contributed by atoms with Crippen LogP contribution in [-0.2, 0) is 29.0 Å². The molecule has 0 radical (unpaired) electrons. The van der Waals surface area contributed by atoms with Crippen LogP contribution in [0, 0.1) is 13.8 Å². The van der Waals surface area contributed by atoms with Crippen molar-refractivity contribution >= 4 is 27.5 Å². The monoisotopic (exact) mass is 441 g/mol. The van der Waals surface area contributed by atoms with Gasteiger partial charge in [-0.3, -0.25) is 18.7 Å². The minimum atomic E-state index is -0.443. The van der Waals surface area contributed by atoms with Gasteiger partial charge in [0.25, 0.3) is 5.56 Å². The lowest BCUT2D eigenvalue weighted by atomic mass is 10.1. The molecule has 31 heavy (non-hydrogen) atoms. The van der Waals surface area contributed by atoms with Crippen molar-refractivity contribution in [2.24, 2.45) is 0 Å². The Labute approximate surface area is 184 Å². The van der Waals surface area contributed by atoms with E-state index in [4.69, 9.17) is 4.74 Å². The molecule has 0 saturated carbocycles. The van der Waals surface area contributed by atoms with Gasteiger partial charge in [0.05, 0.1) is 11.5 Å². The van der Waals surface area contributed by atoms with Crippen LogP contribution in [0.3, 0.4) is 0 Å². The summed E-state index contributed by atoms with van der Waals surface area (Å²) in [6.45, 7) is 5.13. The number of fused-ring (bicyclic) bond motifs is 1. The van der Waals surface area contributed by atoms with Gasteiger partial charge in [-0.05, 0) is 44.2 Å². The number of aryl methyl sites for hydroxylation is 3. The molecule has 1 aliphatic rings. The van der Waals surface area contributed by atoms with Crippen LogP contribution in [0.5, 0.6) is 0 Å². The average Bonchev–Trinajstić information content (AvgIpc) is 3.39. The van der Waals surface area contributed by atoms with Crippen LogP contribution in [0.25, 0.3) is 10.2 Å². The van der Waals surface area contributed by atoms with E-state index in [0.29, 0.717) is 23.2 Å². The third-order valence-electron chi connectivity index (χ3n) is 5.85. The van der Waals surface area contributed by atoms with Gasteiger partial charge in [0.2, 0.25) is 5.91 Å². The Hall–Kier alpha value is -2.71. The number of aromatic nitrogens is 2. The lowest BCUT2D eigenvalue weighted by Crippen LogP contribution is -2.43. The Balaban J connectivity index is 1.66. The number of amides is 1. The normalized spacial score (nSPS) is 16.1. The zero-order chi connectivity index (χ0) is 22.0. The molecule has 7 nitrogen and oxygen atoms in total. The fraction of sp³-hybridized carbons (Fsp3) is 0.435. The fourth-order valence-electron chi connectivity index (χ4n) is 3.96. The van der Waals surface area contributed by atoms with E-state index < -0.39 is 5.69 Å². The highest BCUT2D eigenvalue weighted by Crippen LogP contribution is 2.26. The third-order valence-corrected chi connectivity index (χ3v) is 7.08. The number of carbonyl (C=O) groups is 1. The number of hydrogen-bond acceptors (Lipinski definition) is 5. The number of nitrogens with one attached hydrogen (secondary N) is 1. The number of nitrogens with zero attached hydrogens (tertiary/aromatic N) is 2. The van der Waals surface area contributed by atoms with Gasteiger partial charge >= 0.3 is 5.69 Å². The maximum absolute atomic E-state index is 13.3. The van der Waals surface area contributed by atoms with Crippen molar-refractivity contribution in [1.29, 1.82) is 0 Å². The first-order valence-electron chi connectivity index (χ1n) is 10.6. The standard InChI is InChI=1S/C23H27N3O4S/c1-15-16(2)31-22-20(15)21(28)25(11-10-17-7-4-3-5-8-17)23(29)26(22)14-19(27)24-13-18-9-6-12-30-18/h3-5,7-8,18H,6,9-14H2,1-2H3,(H,24,27). The molecule has 8 heteroatoms. The maximum Gasteiger partial charge on any atom is 0.332 e. The highest BCUT2D eigenvalue weighted by Gasteiger charge is 2.21. The first-order valence-corrected chi connectivity index (χ1v) is 11.4. The van der Waals surface area contributed by atoms with Gasteiger partial charge in [0.15, 0.2) is 0 Å². The molecule has 1 unspecified atom stereocenters. The van der Waals surface area contributed by atoms with Crippen molar-refractivity contribution in [1.82, 2.24) is 14.5 Å². The highest BCUT2D eigenvalue weighted by molar-refractivity contribution is 7.18. The minimum Gasteiger partial charge on any atom is -0.376 e. The molecule has 0 aliphatic carbocycles. The number of thiophene rings is 1. The van der Waals surface area contributed by atoms with E-state index in [9.17, 15) is 14.4 Å². The summed E-state index contributed by atoms with van der Waals surface area (Å²) in [4.78, 5) is 40.6. The molecule has 2 aromatic heterocycles. The van der Waals surface area contributed by atoms with Crippen molar-refractivity contribution in [2.75, 3.05) is 13.2 Å². The summed E-state index contributed by atoms with van der Waals surface area (Å²) in [5.74, 6) is -0.254. The van der Waals surface area contributed by atoms with E-state index in [0.717, 1.165) is 35.5 Å². The van der Waals surface area contributed by atoms with Crippen LogP contribution in [0.1, 0.15) is 28.8 Å². The van der Waals surface area contributed by atoms with Gasteiger partial charge in [-0.15, -0.1) is 11.3 Å². The van der Waals surface area contributed by atoms with E-state index in [2.05, 4.69) is 5.32 Å². The highest BCUT2D eigenvalue weighted by atomic mass is 32.1. The lowest BCUT2D eigenvalue weighted by Gasteiger charge is -2.14. The molecule has 0 bridgehead atoms. The average molecular weight is 442 g/mol. The summed E-state index contributed by atoms with van der Waals surface area (Å²) >= 11 is 1.39. The Kier molecular flexibility index (Phi) is 6.38. The Morgan fingerprint density at radius 1 is 1.19 bits per heavy atom. The Bertz CT molecular complexity index is 1200. The van der Waals surface area contributed by atoms with Gasteiger partial charge in [-0.25, -0.2) is 4.79 Å². The van der Waals surface area contributed by atoms with E-state index >= 15 is 0 Å². The van der Waals surface area contributed by atoms with Gasteiger partial charge in [0.1, 0.15) is 11.4 Å². The molecular weight excluding hydrogens is 414 g/mol. The zero-order valence-corrected chi connectivity index (χ0v) is 18.7. The SMILES string of the molecule is Cc1sc2c(c1C)c(=O)n(CCc1ccccc1)c(=O)n2CC(=O)NCC1CCCO1. The number of carbonyl (C=O) groups excluding carboxylic acids is 1. The maximum atomic E-state index is 13.3. The molecule has 1 fully saturated rings. The molecule has 1 amide bonds. The molecule has 0 spiro atoms. The van der Waals surface area contributed by atoms with E-state index in [1.807, 2.05) is 44.2 Å². The van der Waals surface area contributed by atoms with Crippen LogP contribution in [-0.4, -0.2) is 34.3 Å². The van der Waals surface area contributed by atoms with E-state index in [1.165, 1.54) is 20.5 Å². The first kappa shape index (κ1) is 21.5. The molecule has 1 N–H and O–H groups in total. The quantitative estimate of drug-likeness (QED) is 0.610. The fourth-order valence-corrected chi connectivity index (χ4v) is 5.10. The molecule has 4 rings (SSSR count). The van der Waals surface area contributed by atoms with Crippen molar-refractivity contribution in [2.45, 2.75) is 52.3 Å². The second kappa shape index (κ2) is 9.20. The summed E-state index contributed by atoms with van der Waals surface area (Å²) in [6, 6.07) is 9.75. The van der Waals surface area contributed by atoms with Crippen molar-refractivity contribution in [3.63, 3.8) is 0 Å². The molecule has 1 aliphatic heterocycles. The molecule has 164 valence electrons. The van der Waals surface area contributed by atoms with E-state index in [1.54, 1.807) is 0 Å². The van der Waals surface area contributed by atoms with Crippen molar-refractivity contribution in [3.05, 3.63) is 67.2 Å². The van der Waals surface area contributed by atoms with Crippen molar-refractivity contribution < 1.29 is 9.53 Å². The van der Waals surface area contributed by atoms with Gasteiger partial charge in [0, 0.05) is 24.6 Å². The lowest BCUT2D eigenvalue weighted by molar-refractivity contribution is -0.122. The second-order valence-electron chi connectivity index (χ2n) is 7.96. The number of ether oxygens (including phenoxy) is 1. The van der Waals surface area contributed by atoms with Crippen LogP contribution < -0.4 is 16.6 Å². The second-order valence-corrected chi connectivity index (χ2v) is 9.17. The van der Waals surface area contributed by atoms with Gasteiger partial charge in [-0.2, -0.15) is 0 Å². The van der Waals surface area contributed by atoms with Crippen molar-refractivity contribution in [3.8, 4) is 0 Å². The van der Waals surface area contributed by atoms with E-state index in [-0.39, 0.29) is 30.7 Å². The topological polar surface area (TPSA) is 82.3 Å². The predicted octanol–water partition coefficient (Wildman–Crippen LogP) is 2.38. The molecular formula is C23H27N3O4S. The van der Waals surface area contributed by atoms with Crippen LogP contribution in [0.2, 0.25) is 0 Å². The summed E-state index contributed by atoms with van der Waals surface area (Å²) < 4.78 is 8.26. The van der Waals surface area contributed by atoms with Crippen LogP contribution in [0.4, 0.5) is 0 Å². The molecule has 1 aromatic carbocycles. The number of rotatable bonds is 7. The predicted molar refractivity (Wildman–Crippen MR) is 122 cm³/mol.